The molecular weight excluding hydrogens is 605 g/mol. The van der Waals surface area contributed by atoms with E-state index in [2.05, 4.69) is 58.7 Å². The number of hydrogen-bond donors (Lipinski definition) is 0. The van der Waals surface area contributed by atoms with Gasteiger partial charge in [0, 0.05) is 54.3 Å². The third-order valence-corrected chi connectivity index (χ3v) is 10.8. The number of fused-ring (bicyclic) bond motifs is 3. The molecule has 46 heavy (non-hydrogen) atoms. The zero-order valence-corrected chi connectivity index (χ0v) is 27.0. The van der Waals surface area contributed by atoms with Crippen molar-refractivity contribution < 1.29 is 13.9 Å². The van der Waals surface area contributed by atoms with Crippen LogP contribution < -0.4 is 14.5 Å². The SMILES string of the molecule is C=C(F)C(=O)N1CCN(c2nc(OC[C@@H]3CCCN3C)nc3c2C2(CCC2)CN(c2cccc4cccc(Cl)c24)C3)C[C@@H]1CC#N. The van der Waals surface area contributed by atoms with Crippen molar-refractivity contribution in [2.45, 2.75) is 62.6 Å². The quantitative estimate of drug-likeness (QED) is 0.307. The van der Waals surface area contributed by atoms with Crippen molar-refractivity contribution in [1.82, 2.24) is 19.8 Å². The molecule has 3 aliphatic heterocycles. The van der Waals surface area contributed by atoms with Crippen LogP contribution in [0.1, 0.15) is 49.8 Å². The summed E-state index contributed by atoms with van der Waals surface area (Å²) in [6.07, 6.45) is 5.40. The van der Waals surface area contributed by atoms with Gasteiger partial charge in [0.2, 0.25) is 0 Å². The molecule has 1 saturated carbocycles. The third kappa shape index (κ3) is 5.43. The highest BCUT2D eigenvalue weighted by molar-refractivity contribution is 6.36. The number of likely N-dealkylation sites (tertiary alicyclic amines) is 1. The molecule has 0 radical (unpaired) electrons. The second-order valence-electron chi connectivity index (χ2n) is 13.2. The Morgan fingerprint density at radius 1 is 1.13 bits per heavy atom. The Labute approximate surface area is 274 Å². The van der Waals surface area contributed by atoms with Crippen molar-refractivity contribution in [3.05, 3.63) is 65.1 Å². The molecular formula is C35H39ClFN7O2. The van der Waals surface area contributed by atoms with E-state index < -0.39 is 17.8 Å². The molecule has 3 fully saturated rings. The van der Waals surface area contributed by atoms with Crippen molar-refractivity contribution in [3.8, 4) is 12.1 Å². The van der Waals surface area contributed by atoms with Gasteiger partial charge in [0.25, 0.3) is 5.91 Å². The molecule has 240 valence electrons. The van der Waals surface area contributed by atoms with Crippen molar-refractivity contribution >= 4 is 39.8 Å². The molecule has 1 amide bonds. The predicted molar refractivity (Wildman–Crippen MR) is 177 cm³/mol. The first-order valence-electron chi connectivity index (χ1n) is 16.2. The van der Waals surface area contributed by atoms with Gasteiger partial charge >= 0.3 is 6.01 Å². The summed E-state index contributed by atoms with van der Waals surface area (Å²) in [6, 6.07) is 14.7. The van der Waals surface area contributed by atoms with Crippen LogP contribution in [-0.4, -0.2) is 84.1 Å². The Kier molecular flexibility index (Phi) is 8.24. The average Bonchev–Trinajstić information content (AvgIpc) is 3.46. The standard InChI is InChI=1S/C35H39ClFN7O2/c1-23(37)33(45)44-18-17-42(19-25(44)12-15-38)32-31-28(39-34(40-32)46-21-26-9-5-16-41(26)2)20-43(22-35(31)13-6-14-35)29-11-4-8-24-7-3-10-27(36)30(24)29/h3-4,7-8,10-11,25-26H,1,5-6,9,12-14,16-22H2,2H3/t25-,26-/m0/s1. The van der Waals surface area contributed by atoms with Crippen LogP contribution in [-0.2, 0) is 16.8 Å². The van der Waals surface area contributed by atoms with Crippen LogP contribution in [0.3, 0.4) is 0 Å². The number of halogens is 2. The molecule has 1 spiro atoms. The van der Waals surface area contributed by atoms with Crippen molar-refractivity contribution in [2.24, 2.45) is 0 Å². The maximum Gasteiger partial charge on any atom is 0.318 e. The monoisotopic (exact) mass is 643 g/mol. The zero-order valence-electron chi connectivity index (χ0n) is 26.2. The van der Waals surface area contributed by atoms with E-state index in [9.17, 15) is 14.4 Å². The topological polar surface area (TPSA) is 88.8 Å². The predicted octanol–water partition coefficient (Wildman–Crippen LogP) is 5.61. The number of ether oxygens (including phenoxy) is 1. The first-order chi connectivity index (χ1) is 22.3. The number of rotatable bonds is 7. The zero-order chi connectivity index (χ0) is 32.0. The summed E-state index contributed by atoms with van der Waals surface area (Å²) in [7, 11) is 2.12. The second kappa shape index (κ2) is 12.3. The molecule has 0 unspecified atom stereocenters. The number of anilines is 2. The molecule has 4 aliphatic rings. The van der Waals surface area contributed by atoms with E-state index >= 15 is 0 Å². The number of likely N-dealkylation sites (N-methyl/N-ethyl adjacent to an activating group) is 1. The summed E-state index contributed by atoms with van der Waals surface area (Å²) in [5.41, 5.74) is 2.99. The fourth-order valence-electron chi connectivity index (χ4n) is 7.94. The normalized spacial score (nSPS) is 22.4. The number of aromatic nitrogens is 2. The molecule has 4 heterocycles. The van der Waals surface area contributed by atoms with E-state index in [1.165, 1.54) is 4.90 Å². The number of nitriles is 1. The molecule has 11 heteroatoms. The van der Waals surface area contributed by atoms with Crippen molar-refractivity contribution in [3.63, 3.8) is 0 Å². The molecule has 2 atom stereocenters. The van der Waals surface area contributed by atoms with Gasteiger partial charge in [-0.2, -0.15) is 15.2 Å². The largest absolute Gasteiger partial charge is 0.462 e. The Bertz CT molecular complexity index is 1720. The highest BCUT2D eigenvalue weighted by atomic mass is 35.5. The second-order valence-corrected chi connectivity index (χ2v) is 13.6. The minimum Gasteiger partial charge on any atom is -0.462 e. The van der Waals surface area contributed by atoms with Crippen LogP contribution in [0, 0.1) is 11.3 Å². The number of hydrogen-bond acceptors (Lipinski definition) is 8. The maximum absolute atomic E-state index is 14.0. The van der Waals surface area contributed by atoms with Gasteiger partial charge in [-0.1, -0.05) is 48.9 Å². The smallest absolute Gasteiger partial charge is 0.318 e. The third-order valence-electron chi connectivity index (χ3n) is 10.5. The molecule has 1 aliphatic carbocycles. The van der Waals surface area contributed by atoms with Crippen LogP contribution in [0.4, 0.5) is 15.9 Å². The lowest BCUT2D eigenvalue weighted by atomic mass is 9.62. The average molecular weight is 644 g/mol. The summed E-state index contributed by atoms with van der Waals surface area (Å²) in [5.74, 6) is -0.955. The number of nitrogens with zero attached hydrogens (tertiary/aromatic N) is 7. The van der Waals surface area contributed by atoms with Crippen LogP contribution in [0.15, 0.2) is 48.8 Å². The minimum absolute atomic E-state index is 0.0843. The maximum atomic E-state index is 14.0. The minimum atomic E-state index is -1.01. The molecule has 9 nitrogen and oxygen atoms in total. The molecule has 2 saturated heterocycles. The molecule has 0 N–H and O–H groups in total. The lowest BCUT2D eigenvalue weighted by Gasteiger charge is -2.52. The van der Waals surface area contributed by atoms with E-state index in [1.807, 2.05) is 12.1 Å². The van der Waals surface area contributed by atoms with Crippen molar-refractivity contribution in [1.29, 1.82) is 5.26 Å². The van der Waals surface area contributed by atoms with E-state index in [1.54, 1.807) is 0 Å². The fourth-order valence-corrected chi connectivity index (χ4v) is 8.22. The summed E-state index contributed by atoms with van der Waals surface area (Å²) in [4.78, 5) is 31.2. The molecule has 1 aromatic heterocycles. The van der Waals surface area contributed by atoms with Crippen LogP contribution in [0.25, 0.3) is 10.8 Å². The van der Waals surface area contributed by atoms with E-state index in [4.69, 9.17) is 26.3 Å². The van der Waals surface area contributed by atoms with E-state index in [0.29, 0.717) is 38.3 Å². The Morgan fingerprint density at radius 2 is 1.93 bits per heavy atom. The fraction of sp³-hybridized carbons (Fsp3) is 0.486. The van der Waals surface area contributed by atoms with Gasteiger partial charge in [0.15, 0.2) is 5.83 Å². The van der Waals surface area contributed by atoms with Crippen molar-refractivity contribution in [2.75, 3.05) is 56.2 Å². The van der Waals surface area contributed by atoms with Gasteiger partial charge in [-0.15, -0.1) is 0 Å². The first-order valence-corrected chi connectivity index (χ1v) is 16.6. The summed E-state index contributed by atoms with van der Waals surface area (Å²) in [5, 5.41) is 12.5. The van der Waals surface area contributed by atoms with Crippen LogP contribution in [0.2, 0.25) is 5.02 Å². The van der Waals surface area contributed by atoms with E-state index in [-0.39, 0.29) is 18.4 Å². The lowest BCUT2D eigenvalue weighted by Crippen LogP contribution is -2.57. The van der Waals surface area contributed by atoms with Gasteiger partial charge in [0.05, 0.1) is 35.8 Å². The van der Waals surface area contributed by atoms with Gasteiger partial charge in [-0.3, -0.25) is 4.79 Å². The van der Waals surface area contributed by atoms with Gasteiger partial charge in [-0.05, 0) is 56.8 Å². The number of amides is 1. The Hall–Kier alpha value is -3.94. The first kappa shape index (κ1) is 30.7. The molecule has 2 aromatic carbocycles. The highest BCUT2D eigenvalue weighted by Crippen LogP contribution is 2.52. The Morgan fingerprint density at radius 3 is 2.63 bits per heavy atom. The van der Waals surface area contributed by atoms with Crippen LogP contribution >= 0.6 is 11.6 Å². The highest BCUT2D eigenvalue weighted by Gasteiger charge is 2.49. The van der Waals surface area contributed by atoms with E-state index in [0.717, 1.165) is 83.8 Å². The van der Waals surface area contributed by atoms with Gasteiger partial charge < -0.3 is 24.3 Å². The summed E-state index contributed by atoms with van der Waals surface area (Å²) >= 11 is 6.80. The van der Waals surface area contributed by atoms with Gasteiger partial charge in [0.1, 0.15) is 12.4 Å². The number of carbonyl (C=O) groups excluding carboxylic acids is 1. The molecule has 0 bridgehead atoms. The van der Waals surface area contributed by atoms with Crippen LogP contribution in [0.5, 0.6) is 6.01 Å². The summed E-state index contributed by atoms with van der Waals surface area (Å²) < 4.78 is 20.3. The molecule has 3 aromatic rings. The summed E-state index contributed by atoms with van der Waals surface area (Å²) in [6.45, 7) is 7.21. The lowest BCUT2D eigenvalue weighted by molar-refractivity contribution is -0.131. The Balaban J connectivity index is 1.30. The van der Waals surface area contributed by atoms with Gasteiger partial charge in [-0.25, -0.2) is 4.39 Å². The number of piperazine rings is 1. The molecule has 7 rings (SSSR count). The number of benzene rings is 2. The number of carbonyl (C=O) groups is 1.